The normalized spacial score (nSPS) is 11.0. The lowest BCUT2D eigenvalue weighted by atomic mass is 10.00. The molecule has 146 valence electrons. The van der Waals surface area contributed by atoms with Gasteiger partial charge >= 0.3 is 0 Å². The molecular formula is C22H18ClN3O3. The number of nitrogens with one attached hydrogen (secondary N) is 1. The van der Waals surface area contributed by atoms with Crippen molar-refractivity contribution in [2.24, 2.45) is 0 Å². The molecule has 1 N–H and O–H groups in total. The van der Waals surface area contributed by atoms with Gasteiger partial charge in [0.2, 0.25) is 0 Å². The number of aromatic nitrogens is 3. The van der Waals surface area contributed by atoms with E-state index < -0.39 is 11.5 Å². The van der Waals surface area contributed by atoms with Crippen LogP contribution in [0.1, 0.15) is 21.7 Å². The molecule has 0 bridgehead atoms. The predicted molar refractivity (Wildman–Crippen MR) is 113 cm³/mol. The number of aromatic amines is 1. The number of rotatable bonds is 3. The van der Waals surface area contributed by atoms with Gasteiger partial charge in [0.05, 0.1) is 18.3 Å². The average molecular weight is 408 g/mol. The Morgan fingerprint density at radius 2 is 1.83 bits per heavy atom. The van der Waals surface area contributed by atoms with E-state index in [4.69, 9.17) is 16.3 Å². The topological polar surface area (TPSA) is 77.0 Å². The van der Waals surface area contributed by atoms with Gasteiger partial charge in [0.15, 0.2) is 0 Å². The molecule has 0 saturated heterocycles. The summed E-state index contributed by atoms with van der Waals surface area (Å²) in [4.78, 5) is 25.7. The first-order valence-corrected chi connectivity index (χ1v) is 9.34. The zero-order valence-electron chi connectivity index (χ0n) is 16.1. The highest BCUT2D eigenvalue weighted by Gasteiger charge is 2.19. The van der Waals surface area contributed by atoms with Crippen LogP contribution in [0.4, 0.5) is 0 Å². The Labute approximate surface area is 171 Å². The van der Waals surface area contributed by atoms with Gasteiger partial charge < -0.3 is 4.74 Å². The van der Waals surface area contributed by atoms with Crippen LogP contribution in [0.15, 0.2) is 53.3 Å². The fraction of sp³-hybridized carbons (Fsp3) is 0.136. The highest BCUT2D eigenvalue weighted by atomic mass is 35.5. The number of fused-ring (bicyclic) bond motifs is 1. The SMILES string of the molecule is COc1cc2c(ccc(=O)n2C(=O)c2ccc(Cl)cc2)cc1-c1c(C)n[nH]c1C. The highest BCUT2D eigenvalue weighted by Crippen LogP contribution is 2.36. The molecule has 0 atom stereocenters. The maximum absolute atomic E-state index is 13.1. The predicted octanol–water partition coefficient (Wildman–Crippen LogP) is 4.36. The Morgan fingerprint density at radius 3 is 2.45 bits per heavy atom. The minimum Gasteiger partial charge on any atom is -0.496 e. The zero-order valence-corrected chi connectivity index (χ0v) is 16.9. The molecule has 29 heavy (non-hydrogen) atoms. The molecule has 7 heteroatoms. The molecule has 2 aromatic heterocycles. The van der Waals surface area contributed by atoms with Crippen LogP contribution in [0.3, 0.4) is 0 Å². The lowest BCUT2D eigenvalue weighted by Crippen LogP contribution is -2.26. The number of hydrogen-bond donors (Lipinski definition) is 1. The third-order valence-corrected chi connectivity index (χ3v) is 5.16. The minimum atomic E-state index is -0.428. The van der Waals surface area contributed by atoms with Crippen LogP contribution >= 0.6 is 11.6 Å². The average Bonchev–Trinajstić information content (AvgIpc) is 3.05. The molecule has 0 amide bonds. The van der Waals surface area contributed by atoms with Crippen molar-refractivity contribution < 1.29 is 9.53 Å². The van der Waals surface area contributed by atoms with Crippen molar-refractivity contribution in [1.82, 2.24) is 14.8 Å². The van der Waals surface area contributed by atoms with Crippen molar-refractivity contribution in [3.8, 4) is 16.9 Å². The smallest absolute Gasteiger partial charge is 0.265 e. The summed E-state index contributed by atoms with van der Waals surface area (Å²) in [5.41, 5.74) is 3.95. The number of carbonyl (C=O) groups is 1. The summed E-state index contributed by atoms with van der Waals surface area (Å²) in [7, 11) is 1.56. The van der Waals surface area contributed by atoms with Crippen LogP contribution in [-0.2, 0) is 0 Å². The second-order valence-electron chi connectivity index (χ2n) is 6.74. The third kappa shape index (κ3) is 3.21. The third-order valence-electron chi connectivity index (χ3n) is 4.91. The Bertz CT molecular complexity index is 1280. The first-order chi connectivity index (χ1) is 13.9. The number of ether oxygens (including phenoxy) is 1. The lowest BCUT2D eigenvalue weighted by Gasteiger charge is -2.14. The molecule has 0 fully saturated rings. The maximum Gasteiger partial charge on any atom is 0.265 e. The van der Waals surface area contributed by atoms with Crippen LogP contribution < -0.4 is 10.3 Å². The van der Waals surface area contributed by atoms with E-state index in [1.165, 1.54) is 6.07 Å². The number of H-pyrrole nitrogens is 1. The maximum atomic E-state index is 13.1. The molecule has 2 aromatic carbocycles. The van der Waals surface area contributed by atoms with E-state index in [-0.39, 0.29) is 0 Å². The van der Waals surface area contributed by atoms with Gasteiger partial charge in [0.1, 0.15) is 5.75 Å². The molecule has 0 unspecified atom stereocenters. The van der Waals surface area contributed by atoms with E-state index in [1.54, 1.807) is 43.5 Å². The Hall–Kier alpha value is -3.38. The van der Waals surface area contributed by atoms with Crippen molar-refractivity contribution in [2.45, 2.75) is 13.8 Å². The number of halogens is 1. The lowest BCUT2D eigenvalue weighted by molar-refractivity contribution is 0.0961. The standard InChI is InChI=1S/C22H18ClN3O3/c1-12-21(13(2)25-24-12)17-10-15-6-9-20(27)26(18(15)11-19(17)29-3)22(28)14-4-7-16(23)8-5-14/h4-11H,1-3H3,(H,24,25). The number of methoxy groups -OCH3 is 1. The molecule has 4 rings (SSSR count). The summed E-state index contributed by atoms with van der Waals surface area (Å²) in [6, 6.07) is 13.1. The molecule has 0 aliphatic carbocycles. The van der Waals surface area contributed by atoms with Gasteiger partial charge in [0, 0.05) is 39.5 Å². The summed E-state index contributed by atoms with van der Waals surface area (Å²) in [5, 5.41) is 8.48. The fourth-order valence-corrected chi connectivity index (χ4v) is 3.64. The van der Waals surface area contributed by atoms with Crippen LogP contribution in [0.2, 0.25) is 5.02 Å². The molecule has 0 radical (unpaired) electrons. The number of pyridine rings is 1. The molecule has 0 saturated carbocycles. The first-order valence-electron chi connectivity index (χ1n) is 8.96. The van der Waals surface area contributed by atoms with Crippen LogP contribution in [0.5, 0.6) is 5.75 Å². The van der Waals surface area contributed by atoms with Crippen molar-refractivity contribution in [1.29, 1.82) is 0 Å². The van der Waals surface area contributed by atoms with Gasteiger partial charge in [-0.1, -0.05) is 11.6 Å². The van der Waals surface area contributed by atoms with Crippen molar-refractivity contribution in [3.05, 3.63) is 80.9 Å². The summed E-state index contributed by atoms with van der Waals surface area (Å²) in [5.74, 6) is 0.121. The monoisotopic (exact) mass is 407 g/mol. The molecule has 4 aromatic rings. The van der Waals surface area contributed by atoms with Gasteiger partial charge in [-0.25, -0.2) is 4.57 Å². The minimum absolute atomic E-state index is 0.369. The first kappa shape index (κ1) is 19.0. The summed E-state index contributed by atoms with van der Waals surface area (Å²) in [6.07, 6.45) is 0. The van der Waals surface area contributed by atoms with Crippen molar-refractivity contribution >= 4 is 28.4 Å². The second-order valence-corrected chi connectivity index (χ2v) is 7.18. The van der Waals surface area contributed by atoms with E-state index in [0.717, 1.165) is 32.5 Å². The zero-order chi connectivity index (χ0) is 20.7. The largest absolute Gasteiger partial charge is 0.496 e. The van der Waals surface area contributed by atoms with Gasteiger partial charge in [-0.3, -0.25) is 14.7 Å². The quantitative estimate of drug-likeness (QED) is 0.547. The van der Waals surface area contributed by atoms with E-state index in [2.05, 4.69) is 10.2 Å². The molecule has 0 aliphatic rings. The number of hydrogen-bond acceptors (Lipinski definition) is 4. The molecule has 0 spiro atoms. The number of carbonyl (C=O) groups excluding carboxylic acids is 1. The second kappa shape index (κ2) is 7.22. The van der Waals surface area contributed by atoms with Gasteiger partial charge in [-0.05, 0) is 55.6 Å². The van der Waals surface area contributed by atoms with Crippen molar-refractivity contribution in [2.75, 3.05) is 7.11 Å². The van der Waals surface area contributed by atoms with Gasteiger partial charge in [-0.15, -0.1) is 0 Å². The number of nitrogens with zero attached hydrogens (tertiary/aromatic N) is 2. The van der Waals surface area contributed by atoms with Gasteiger partial charge in [0.25, 0.3) is 11.5 Å². The number of aryl methyl sites for hydroxylation is 2. The van der Waals surface area contributed by atoms with Crippen LogP contribution in [0.25, 0.3) is 22.0 Å². The molecule has 6 nitrogen and oxygen atoms in total. The van der Waals surface area contributed by atoms with E-state index in [1.807, 2.05) is 19.9 Å². The molecular weight excluding hydrogens is 390 g/mol. The van der Waals surface area contributed by atoms with Crippen LogP contribution in [0, 0.1) is 13.8 Å². The van der Waals surface area contributed by atoms with Crippen LogP contribution in [-0.4, -0.2) is 27.8 Å². The summed E-state index contributed by atoms with van der Waals surface area (Å²) < 4.78 is 6.75. The highest BCUT2D eigenvalue weighted by molar-refractivity contribution is 6.30. The van der Waals surface area contributed by atoms with Gasteiger partial charge in [-0.2, -0.15) is 5.10 Å². The van der Waals surface area contributed by atoms with E-state index in [9.17, 15) is 9.59 Å². The molecule has 2 heterocycles. The summed E-state index contributed by atoms with van der Waals surface area (Å²) >= 11 is 5.92. The Morgan fingerprint density at radius 1 is 1.10 bits per heavy atom. The van der Waals surface area contributed by atoms with E-state index in [0.29, 0.717) is 21.9 Å². The fourth-order valence-electron chi connectivity index (χ4n) is 3.51. The van der Waals surface area contributed by atoms with E-state index >= 15 is 0 Å². The number of benzene rings is 2. The van der Waals surface area contributed by atoms with Crippen molar-refractivity contribution in [3.63, 3.8) is 0 Å². The molecule has 0 aliphatic heterocycles. The Kier molecular flexibility index (Phi) is 4.72. The summed E-state index contributed by atoms with van der Waals surface area (Å²) in [6.45, 7) is 3.84. The Balaban J connectivity index is 1.98.